The molecule has 2 amide bonds. The lowest BCUT2D eigenvalue weighted by atomic mass is 10.0. The quantitative estimate of drug-likeness (QED) is 0.224. The summed E-state index contributed by atoms with van der Waals surface area (Å²) in [6.07, 6.45) is 1.17. The minimum Gasteiger partial charge on any atom is -0.354 e. The molecule has 0 aliphatic heterocycles. The number of thioether (sulfide) groups is 1. The Labute approximate surface area is 226 Å². The van der Waals surface area contributed by atoms with Crippen LogP contribution >= 0.6 is 23.4 Å². The number of nitrogens with zero attached hydrogens (tertiary/aromatic N) is 2. The predicted molar refractivity (Wildman–Crippen MR) is 148 cm³/mol. The van der Waals surface area contributed by atoms with E-state index in [-0.39, 0.29) is 29.8 Å². The first-order chi connectivity index (χ1) is 17.9. The maximum Gasteiger partial charge on any atom is 0.269 e. The normalized spacial score (nSPS) is 11.5. The zero-order valence-electron chi connectivity index (χ0n) is 20.6. The van der Waals surface area contributed by atoms with Crippen LogP contribution in [0.25, 0.3) is 0 Å². The van der Waals surface area contributed by atoms with Crippen molar-refractivity contribution in [3.8, 4) is 0 Å². The summed E-state index contributed by atoms with van der Waals surface area (Å²) in [5.41, 5.74) is 2.70. The van der Waals surface area contributed by atoms with Crippen LogP contribution in [0.15, 0.2) is 78.9 Å². The molecule has 3 aromatic carbocycles. The smallest absolute Gasteiger partial charge is 0.269 e. The van der Waals surface area contributed by atoms with E-state index in [4.69, 9.17) is 11.6 Å². The number of nitrogens with one attached hydrogen (secondary N) is 1. The van der Waals surface area contributed by atoms with Crippen LogP contribution in [0.2, 0.25) is 5.02 Å². The minimum atomic E-state index is -0.694. The molecular weight excluding hydrogens is 510 g/mol. The first kappa shape index (κ1) is 28.2. The summed E-state index contributed by atoms with van der Waals surface area (Å²) in [7, 11) is 0. The Balaban J connectivity index is 1.80. The van der Waals surface area contributed by atoms with Crippen molar-refractivity contribution in [2.75, 3.05) is 12.3 Å². The highest BCUT2D eigenvalue weighted by molar-refractivity contribution is 7.99. The molecule has 0 saturated carbocycles. The monoisotopic (exact) mass is 539 g/mol. The van der Waals surface area contributed by atoms with E-state index in [0.29, 0.717) is 23.7 Å². The lowest BCUT2D eigenvalue weighted by Crippen LogP contribution is -2.51. The molecule has 0 unspecified atom stereocenters. The maximum absolute atomic E-state index is 13.6. The number of hydrogen-bond donors (Lipinski definition) is 1. The van der Waals surface area contributed by atoms with Gasteiger partial charge in [-0.2, -0.15) is 0 Å². The third kappa shape index (κ3) is 8.91. The molecule has 3 rings (SSSR count). The molecule has 37 heavy (non-hydrogen) atoms. The fourth-order valence-electron chi connectivity index (χ4n) is 3.80. The number of rotatable bonds is 13. The number of non-ortho nitro benzene ring substituents is 1. The fraction of sp³-hybridized carbons (Fsp3) is 0.286. The van der Waals surface area contributed by atoms with Gasteiger partial charge in [-0.3, -0.25) is 19.7 Å². The van der Waals surface area contributed by atoms with Crippen LogP contribution in [0.1, 0.15) is 30.0 Å². The predicted octanol–water partition coefficient (Wildman–Crippen LogP) is 5.65. The van der Waals surface area contributed by atoms with Crippen molar-refractivity contribution < 1.29 is 14.5 Å². The second-order valence-electron chi connectivity index (χ2n) is 8.56. The summed E-state index contributed by atoms with van der Waals surface area (Å²) < 4.78 is 0. The van der Waals surface area contributed by atoms with Gasteiger partial charge in [0.25, 0.3) is 5.69 Å². The molecule has 1 atom stereocenters. The number of carbonyl (C=O) groups is 2. The Morgan fingerprint density at radius 3 is 2.35 bits per heavy atom. The third-order valence-electron chi connectivity index (χ3n) is 5.70. The highest BCUT2D eigenvalue weighted by Gasteiger charge is 2.30. The number of benzene rings is 3. The zero-order chi connectivity index (χ0) is 26.6. The van der Waals surface area contributed by atoms with Gasteiger partial charge in [0.15, 0.2) is 0 Å². The van der Waals surface area contributed by atoms with Crippen LogP contribution in [0, 0.1) is 10.1 Å². The molecule has 0 spiro atoms. The molecule has 1 N–H and O–H groups in total. The number of amides is 2. The molecular formula is C28H30ClN3O4S. The molecule has 0 heterocycles. The standard InChI is InChI=1S/C28H30ClN3O4S/c1-2-15-30-28(34)26(17-21-7-4-3-5-8-21)31(18-23-9-6-10-24(29)16-23)27(33)20-37-19-22-11-13-25(14-12-22)32(35)36/h3-14,16,26H,2,15,17-20H2,1H3,(H,30,34)/t26-/m0/s1. The Kier molecular flexibility index (Phi) is 11.0. The molecule has 0 bridgehead atoms. The number of nitro benzene ring substituents is 1. The molecule has 0 aliphatic carbocycles. The van der Waals surface area contributed by atoms with Gasteiger partial charge in [0, 0.05) is 42.4 Å². The average Bonchev–Trinajstić information content (AvgIpc) is 2.90. The SMILES string of the molecule is CCCNC(=O)[C@H](Cc1ccccc1)N(Cc1cccc(Cl)c1)C(=O)CSCc1ccc([N+](=O)[O-])cc1. The van der Waals surface area contributed by atoms with Gasteiger partial charge < -0.3 is 10.2 Å². The Morgan fingerprint density at radius 1 is 1.00 bits per heavy atom. The first-order valence-electron chi connectivity index (χ1n) is 12.0. The van der Waals surface area contributed by atoms with E-state index in [0.717, 1.165) is 23.1 Å². The van der Waals surface area contributed by atoms with Crippen molar-refractivity contribution in [2.24, 2.45) is 0 Å². The van der Waals surface area contributed by atoms with Crippen molar-refractivity contribution >= 4 is 40.9 Å². The van der Waals surface area contributed by atoms with Crippen molar-refractivity contribution in [2.45, 2.75) is 38.1 Å². The third-order valence-corrected chi connectivity index (χ3v) is 6.93. The van der Waals surface area contributed by atoms with Gasteiger partial charge in [-0.25, -0.2) is 0 Å². The summed E-state index contributed by atoms with van der Waals surface area (Å²) in [5.74, 6) is 0.310. The van der Waals surface area contributed by atoms with Crippen LogP contribution in [0.3, 0.4) is 0 Å². The van der Waals surface area contributed by atoms with Crippen LogP contribution < -0.4 is 5.32 Å². The van der Waals surface area contributed by atoms with Gasteiger partial charge in [-0.15, -0.1) is 11.8 Å². The van der Waals surface area contributed by atoms with Crippen molar-refractivity contribution in [1.82, 2.24) is 10.2 Å². The summed E-state index contributed by atoms with van der Waals surface area (Å²) in [6.45, 7) is 2.75. The van der Waals surface area contributed by atoms with E-state index in [1.54, 1.807) is 29.2 Å². The highest BCUT2D eigenvalue weighted by Crippen LogP contribution is 2.21. The molecule has 7 nitrogen and oxygen atoms in total. The molecule has 0 aliphatic rings. The maximum atomic E-state index is 13.6. The minimum absolute atomic E-state index is 0.0272. The molecule has 3 aromatic rings. The van der Waals surface area contributed by atoms with Crippen molar-refractivity contribution in [3.05, 3.63) is 111 Å². The Bertz CT molecular complexity index is 1190. The Morgan fingerprint density at radius 2 is 1.70 bits per heavy atom. The lowest BCUT2D eigenvalue weighted by Gasteiger charge is -2.31. The van der Waals surface area contributed by atoms with E-state index < -0.39 is 11.0 Å². The van der Waals surface area contributed by atoms with Crippen LogP contribution in [-0.2, 0) is 28.3 Å². The van der Waals surface area contributed by atoms with Gasteiger partial charge in [0.05, 0.1) is 10.7 Å². The summed E-state index contributed by atoms with van der Waals surface area (Å²) in [5, 5.41) is 14.4. The van der Waals surface area contributed by atoms with Crippen molar-refractivity contribution in [1.29, 1.82) is 0 Å². The van der Waals surface area contributed by atoms with Crippen LogP contribution in [0.4, 0.5) is 5.69 Å². The second kappa shape index (κ2) is 14.4. The van der Waals surface area contributed by atoms with E-state index >= 15 is 0 Å². The number of carbonyl (C=O) groups excluding carboxylic acids is 2. The van der Waals surface area contributed by atoms with E-state index in [9.17, 15) is 19.7 Å². The van der Waals surface area contributed by atoms with E-state index in [1.165, 1.54) is 23.9 Å². The molecule has 0 radical (unpaired) electrons. The van der Waals surface area contributed by atoms with Gasteiger partial charge in [0.1, 0.15) is 6.04 Å². The number of halogens is 1. The zero-order valence-corrected chi connectivity index (χ0v) is 22.2. The van der Waals surface area contributed by atoms with E-state index in [1.807, 2.05) is 49.4 Å². The largest absolute Gasteiger partial charge is 0.354 e. The molecule has 9 heteroatoms. The summed E-state index contributed by atoms with van der Waals surface area (Å²) >= 11 is 7.61. The lowest BCUT2D eigenvalue weighted by molar-refractivity contribution is -0.384. The fourth-order valence-corrected chi connectivity index (χ4v) is 4.89. The van der Waals surface area contributed by atoms with Crippen LogP contribution in [0.5, 0.6) is 0 Å². The number of hydrogen-bond acceptors (Lipinski definition) is 5. The molecule has 0 aromatic heterocycles. The van der Waals surface area contributed by atoms with Gasteiger partial charge >= 0.3 is 0 Å². The van der Waals surface area contributed by atoms with Gasteiger partial charge in [-0.05, 0) is 35.2 Å². The highest BCUT2D eigenvalue weighted by atomic mass is 35.5. The average molecular weight is 540 g/mol. The second-order valence-corrected chi connectivity index (χ2v) is 9.99. The molecule has 0 saturated heterocycles. The summed E-state index contributed by atoms with van der Waals surface area (Å²) in [6, 6.07) is 22.5. The Hall–Kier alpha value is -3.36. The molecule has 194 valence electrons. The number of nitro groups is 1. The summed E-state index contributed by atoms with van der Waals surface area (Å²) in [4.78, 5) is 39.0. The van der Waals surface area contributed by atoms with Crippen molar-refractivity contribution in [3.63, 3.8) is 0 Å². The first-order valence-corrected chi connectivity index (χ1v) is 13.6. The van der Waals surface area contributed by atoms with Gasteiger partial charge in [0.2, 0.25) is 11.8 Å². The van der Waals surface area contributed by atoms with Crippen LogP contribution in [-0.4, -0.2) is 40.0 Å². The molecule has 0 fully saturated rings. The van der Waals surface area contributed by atoms with Gasteiger partial charge in [-0.1, -0.05) is 73.1 Å². The topological polar surface area (TPSA) is 92.6 Å². The van der Waals surface area contributed by atoms with E-state index in [2.05, 4.69) is 5.32 Å².